The Labute approximate surface area is 179 Å². The first-order valence-electron chi connectivity index (χ1n) is 10.7. The molecule has 0 radical (unpaired) electrons. The number of benzene rings is 2. The van der Waals surface area contributed by atoms with Crippen molar-refractivity contribution in [2.45, 2.75) is 25.2 Å². The summed E-state index contributed by atoms with van der Waals surface area (Å²) >= 11 is 0. The molecule has 1 aliphatic rings. The summed E-state index contributed by atoms with van der Waals surface area (Å²) in [7, 11) is 0. The summed E-state index contributed by atoms with van der Waals surface area (Å²) in [6.45, 7) is 1.45. The van der Waals surface area contributed by atoms with Crippen molar-refractivity contribution in [1.29, 1.82) is 0 Å². The van der Waals surface area contributed by atoms with Crippen LogP contribution in [-0.4, -0.2) is 38.5 Å². The van der Waals surface area contributed by atoms with Crippen LogP contribution in [-0.2, 0) is 11.2 Å². The standard InChI is InChI=1S/C25H22N4O2/c30-23(14-19-16-31-21-11-10-17-6-1-2-8-20(17)24(19)21)28-12-5-7-18(15-28)25-27-26-22-9-3-4-13-29(22)25/h1-4,6,8-11,13,16,18H,5,7,12,14-15H2. The van der Waals surface area contributed by atoms with Gasteiger partial charge in [0, 0.05) is 36.2 Å². The topological polar surface area (TPSA) is 63.6 Å². The van der Waals surface area contributed by atoms with Crippen molar-refractivity contribution in [3.63, 3.8) is 0 Å². The van der Waals surface area contributed by atoms with Gasteiger partial charge in [-0.25, -0.2) is 0 Å². The van der Waals surface area contributed by atoms with Crippen LogP contribution in [0.2, 0.25) is 0 Å². The highest BCUT2D eigenvalue weighted by atomic mass is 16.3. The zero-order valence-electron chi connectivity index (χ0n) is 17.1. The molecule has 2 aromatic carbocycles. The van der Waals surface area contributed by atoms with Crippen molar-refractivity contribution in [1.82, 2.24) is 19.5 Å². The number of nitrogens with zero attached hydrogens (tertiary/aromatic N) is 4. The van der Waals surface area contributed by atoms with Crippen LogP contribution in [0.1, 0.15) is 30.1 Å². The van der Waals surface area contributed by atoms with Crippen LogP contribution in [0.4, 0.5) is 0 Å². The van der Waals surface area contributed by atoms with Crippen molar-refractivity contribution in [3.05, 3.63) is 78.4 Å². The lowest BCUT2D eigenvalue weighted by molar-refractivity contribution is -0.131. The summed E-state index contributed by atoms with van der Waals surface area (Å²) in [4.78, 5) is 15.2. The second kappa shape index (κ2) is 7.23. The van der Waals surface area contributed by atoms with Crippen LogP contribution >= 0.6 is 0 Å². The smallest absolute Gasteiger partial charge is 0.227 e. The highest BCUT2D eigenvalue weighted by molar-refractivity contribution is 6.08. The Morgan fingerprint density at radius 3 is 2.94 bits per heavy atom. The minimum atomic E-state index is 0.133. The molecule has 6 rings (SSSR count). The van der Waals surface area contributed by atoms with Crippen LogP contribution in [0.5, 0.6) is 0 Å². The van der Waals surface area contributed by atoms with Gasteiger partial charge in [-0.2, -0.15) is 0 Å². The predicted octanol–water partition coefficient (Wildman–Crippen LogP) is 4.58. The summed E-state index contributed by atoms with van der Waals surface area (Å²) in [6.07, 6.45) is 6.05. The lowest BCUT2D eigenvalue weighted by atomic mass is 9.96. The lowest BCUT2D eigenvalue weighted by Crippen LogP contribution is -2.40. The molecule has 1 atom stereocenters. The fourth-order valence-corrected chi connectivity index (χ4v) is 4.83. The third kappa shape index (κ3) is 3.06. The van der Waals surface area contributed by atoms with Crippen molar-refractivity contribution in [2.75, 3.05) is 13.1 Å². The molecule has 0 aliphatic carbocycles. The van der Waals surface area contributed by atoms with Crippen molar-refractivity contribution < 1.29 is 9.21 Å². The number of carbonyl (C=O) groups is 1. The normalized spacial score (nSPS) is 17.0. The molecule has 154 valence electrons. The van der Waals surface area contributed by atoms with E-state index in [2.05, 4.69) is 28.4 Å². The van der Waals surface area contributed by atoms with E-state index >= 15 is 0 Å². The second-order valence-corrected chi connectivity index (χ2v) is 8.26. The first-order valence-corrected chi connectivity index (χ1v) is 10.7. The van der Waals surface area contributed by atoms with E-state index in [1.165, 1.54) is 0 Å². The van der Waals surface area contributed by atoms with E-state index in [-0.39, 0.29) is 11.8 Å². The van der Waals surface area contributed by atoms with Crippen LogP contribution in [0.3, 0.4) is 0 Å². The maximum atomic E-state index is 13.3. The Hall–Kier alpha value is -3.67. The van der Waals surface area contributed by atoms with Crippen molar-refractivity contribution in [2.24, 2.45) is 0 Å². The van der Waals surface area contributed by atoms with Gasteiger partial charge in [-0.3, -0.25) is 9.20 Å². The number of hydrogen-bond acceptors (Lipinski definition) is 4. The van der Waals surface area contributed by atoms with Gasteiger partial charge < -0.3 is 9.32 Å². The molecule has 1 unspecified atom stereocenters. The van der Waals surface area contributed by atoms with Gasteiger partial charge in [0.1, 0.15) is 11.4 Å². The number of pyridine rings is 1. The van der Waals surface area contributed by atoms with Crippen molar-refractivity contribution in [3.8, 4) is 0 Å². The molecule has 31 heavy (non-hydrogen) atoms. The lowest BCUT2D eigenvalue weighted by Gasteiger charge is -2.32. The van der Waals surface area contributed by atoms with Crippen LogP contribution in [0.25, 0.3) is 27.4 Å². The Balaban J connectivity index is 1.27. The molecular formula is C25H22N4O2. The molecule has 6 heteroatoms. The number of likely N-dealkylation sites (tertiary alicyclic amines) is 1. The summed E-state index contributed by atoms with van der Waals surface area (Å²) in [5.41, 5.74) is 2.62. The van der Waals surface area contributed by atoms with Gasteiger partial charge in [0.2, 0.25) is 5.91 Å². The van der Waals surface area contributed by atoms with Crippen LogP contribution in [0.15, 0.2) is 71.5 Å². The van der Waals surface area contributed by atoms with E-state index in [1.54, 1.807) is 6.26 Å². The van der Waals surface area contributed by atoms with Crippen LogP contribution < -0.4 is 0 Å². The number of carbonyl (C=O) groups excluding carboxylic acids is 1. The monoisotopic (exact) mass is 410 g/mol. The summed E-state index contributed by atoms with van der Waals surface area (Å²) in [5.74, 6) is 1.26. The highest BCUT2D eigenvalue weighted by Crippen LogP contribution is 2.31. The molecule has 5 aromatic rings. The van der Waals surface area contributed by atoms with Gasteiger partial charge >= 0.3 is 0 Å². The van der Waals surface area contributed by atoms with Gasteiger partial charge in [0.05, 0.1) is 12.7 Å². The molecule has 0 bridgehead atoms. The van der Waals surface area contributed by atoms with E-state index in [0.29, 0.717) is 13.0 Å². The van der Waals surface area contributed by atoms with E-state index in [9.17, 15) is 4.79 Å². The Bertz CT molecular complexity index is 1420. The second-order valence-electron chi connectivity index (χ2n) is 8.26. The SMILES string of the molecule is O=C(Cc1coc2ccc3ccccc3c12)N1CCCC(c2nnc3ccccn23)C1. The fraction of sp³-hybridized carbons (Fsp3) is 0.240. The average molecular weight is 410 g/mol. The molecule has 0 saturated carbocycles. The predicted molar refractivity (Wildman–Crippen MR) is 119 cm³/mol. The molecular weight excluding hydrogens is 388 g/mol. The van der Waals surface area contributed by atoms with Crippen LogP contribution in [0, 0.1) is 0 Å². The highest BCUT2D eigenvalue weighted by Gasteiger charge is 2.28. The number of amides is 1. The molecule has 6 nitrogen and oxygen atoms in total. The van der Waals surface area contributed by atoms with Gasteiger partial charge in [-0.05, 0) is 41.8 Å². The Morgan fingerprint density at radius 2 is 1.97 bits per heavy atom. The maximum absolute atomic E-state index is 13.3. The first kappa shape index (κ1) is 18.1. The zero-order valence-corrected chi connectivity index (χ0v) is 17.1. The minimum absolute atomic E-state index is 0.133. The number of rotatable bonds is 3. The maximum Gasteiger partial charge on any atom is 0.227 e. The largest absolute Gasteiger partial charge is 0.464 e. The van der Waals surface area contributed by atoms with E-state index < -0.39 is 0 Å². The fourth-order valence-electron chi connectivity index (χ4n) is 4.83. The molecule has 1 saturated heterocycles. The number of hydrogen-bond donors (Lipinski definition) is 0. The Kier molecular flexibility index (Phi) is 4.23. The summed E-state index contributed by atoms with van der Waals surface area (Å²) in [6, 6.07) is 18.2. The van der Waals surface area contributed by atoms with Gasteiger partial charge in [-0.1, -0.05) is 36.4 Å². The molecule has 1 amide bonds. The molecule has 0 N–H and O–H groups in total. The number of fused-ring (bicyclic) bond motifs is 4. The minimum Gasteiger partial charge on any atom is -0.464 e. The van der Waals surface area contributed by atoms with Gasteiger partial charge in [0.25, 0.3) is 0 Å². The number of aromatic nitrogens is 3. The van der Waals surface area contributed by atoms with E-state index in [4.69, 9.17) is 4.42 Å². The number of furan rings is 1. The molecule has 4 heterocycles. The van der Waals surface area contributed by atoms with Gasteiger partial charge in [0.15, 0.2) is 5.65 Å². The quantitative estimate of drug-likeness (QED) is 0.437. The third-order valence-electron chi connectivity index (χ3n) is 6.36. The van der Waals surface area contributed by atoms with Gasteiger partial charge in [-0.15, -0.1) is 10.2 Å². The average Bonchev–Trinajstić information content (AvgIpc) is 3.44. The molecule has 1 fully saturated rings. The molecule has 0 spiro atoms. The van der Waals surface area contributed by atoms with E-state index in [1.807, 2.05) is 51.9 Å². The third-order valence-corrected chi connectivity index (χ3v) is 6.36. The summed E-state index contributed by atoms with van der Waals surface area (Å²) < 4.78 is 7.82. The van der Waals surface area contributed by atoms with E-state index in [0.717, 1.165) is 58.2 Å². The Morgan fingerprint density at radius 1 is 1.06 bits per heavy atom. The zero-order chi connectivity index (χ0) is 20.8. The number of piperidine rings is 1. The summed E-state index contributed by atoms with van der Waals surface area (Å²) in [5, 5.41) is 12.0. The molecule has 1 aliphatic heterocycles. The first-order chi connectivity index (χ1) is 15.3. The molecule has 3 aromatic heterocycles. The van der Waals surface area contributed by atoms with Crippen molar-refractivity contribution >= 4 is 33.3 Å².